The molecule has 0 aromatic heterocycles. The van der Waals surface area contributed by atoms with Crippen LogP contribution < -0.4 is 9.47 Å². The Kier molecular flexibility index (Phi) is 2.58. The highest BCUT2D eigenvalue weighted by molar-refractivity contribution is 5.65. The number of fused-ring (bicyclic) bond motifs is 1. The molecule has 0 atom stereocenters. The summed E-state index contributed by atoms with van der Waals surface area (Å²) in [4.78, 5) is 0. The van der Waals surface area contributed by atoms with Crippen LogP contribution in [0.1, 0.15) is 19.4 Å². The van der Waals surface area contributed by atoms with Gasteiger partial charge in [-0.25, -0.2) is 0 Å². The van der Waals surface area contributed by atoms with E-state index in [1.54, 1.807) is 12.1 Å². The number of para-hydroxylation sites is 1. The average molecular weight is 226 g/mol. The molecule has 0 unspecified atom stereocenters. The molecule has 0 saturated carbocycles. The van der Waals surface area contributed by atoms with Crippen LogP contribution in [0.15, 0.2) is 24.3 Å². The summed E-state index contributed by atoms with van der Waals surface area (Å²) in [5.41, 5.74) is 0.242. The van der Waals surface area contributed by atoms with E-state index in [9.17, 15) is 8.78 Å². The first-order valence-electron chi connectivity index (χ1n) is 4.94. The maximum atomic E-state index is 12.2. The fourth-order valence-corrected chi connectivity index (χ4v) is 1.55. The van der Waals surface area contributed by atoms with Crippen LogP contribution in [-0.4, -0.2) is 12.2 Å². The monoisotopic (exact) mass is 226 g/mol. The second kappa shape index (κ2) is 3.77. The topological polar surface area (TPSA) is 18.5 Å². The van der Waals surface area contributed by atoms with Crippen molar-refractivity contribution in [1.29, 1.82) is 0 Å². The van der Waals surface area contributed by atoms with Crippen LogP contribution in [0.5, 0.6) is 11.5 Å². The van der Waals surface area contributed by atoms with Gasteiger partial charge in [0.15, 0.2) is 11.5 Å². The molecule has 0 bridgehead atoms. The quantitative estimate of drug-likeness (QED) is 0.768. The Morgan fingerprint density at radius 3 is 2.75 bits per heavy atom. The van der Waals surface area contributed by atoms with Crippen LogP contribution in [0.4, 0.5) is 8.78 Å². The lowest BCUT2D eigenvalue weighted by Crippen LogP contribution is -2.28. The minimum atomic E-state index is -2.84. The van der Waals surface area contributed by atoms with Gasteiger partial charge in [-0.1, -0.05) is 18.2 Å². The highest BCUT2D eigenvalue weighted by Gasteiger charge is 2.25. The Labute approximate surface area is 92.5 Å². The van der Waals surface area contributed by atoms with Crippen molar-refractivity contribution in [2.75, 3.05) is 0 Å². The molecule has 1 aliphatic heterocycles. The van der Waals surface area contributed by atoms with Crippen molar-refractivity contribution in [2.24, 2.45) is 0 Å². The normalized spacial score (nSPS) is 16.8. The molecule has 0 amide bonds. The lowest BCUT2D eigenvalue weighted by molar-refractivity contribution is -0.0526. The van der Waals surface area contributed by atoms with Crippen LogP contribution in [-0.2, 0) is 0 Å². The van der Waals surface area contributed by atoms with E-state index in [1.807, 2.05) is 26.0 Å². The highest BCUT2D eigenvalue weighted by Crippen LogP contribution is 2.39. The van der Waals surface area contributed by atoms with Crippen molar-refractivity contribution >= 4 is 6.08 Å². The largest absolute Gasteiger partial charge is 0.479 e. The molecule has 0 aliphatic carbocycles. The number of hydrogen-bond acceptors (Lipinski definition) is 2. The van der Waals surface area contributed by atoms with E-state index in [-0.39, 0.29) is 5.75 Å². The van der Waals surface area contributed by atoms with Gasteiger partial charge in [-0.05, 0) is 26.0 Å². The molecular weight excluding hydrogens is 214 g/mol. The van der Waals surface area contributed by atoms with Crippen molar-refractivity contribution in [3.63, 3.8) is 0 Å². The minimum Gasteiger partial charge on any atom is -0.479 e. The minimum absolute atomic E-state index is 0.0740. The summed E-state index contributed by atoms with van der Waals surface area (Å²) < 4.78 is 34.4. The van der Waals surface area contributed by atoms with Crippen molar-refractivity contribution in [2.45, 2.75) is 26.1 Å². The van der Waals surface area contributed by atoms with Crippen LogP contribution in [0.2, 0.25) is 0 Å². The fraction of sp³-hybridized carbons (Fsp3) is 0.333. The number of benzene rings is 1. The molecule has 2 nitrogen and oxygen atoms in total. The maximum absolute atomic E-state index is 12.2. The van der Waals surface area contributed by atoms with Crippen LogP contribution in [0.3, 0.4) is 0 Å². The summed E-state index contributed by atoms with van der Waals surface area (Å²) in [6.45, 7) is 0.862. The average Bonchev–Trinajstić information content (AvgIpc) is 2.17. The van der Waals surface area contributed by atoms with Gasteiger partial charge in [0.25, 0.3) is 0 Å². The van der Waals surface area contributed by atoms with Gasteiger partial charge in [-0.2, -0.15) is 8.78 Å². The molecule has 86 valence electrons. The molecule has 1 heterocycles. The molecule has 16 heavy (non-hydrogen) atoms. The third-order valence-electron chi connectivity index (χ3n) is 2.25. The Balaban J connectivity index is 2.40. The number of hydrogen-bond donors (Lipinski definition) is 0. The van der Waals surface area contributed by atoms with Crippen LogP contribution in [0.25, 0.3) is 6.08 Å². The third-order valence-corrected chi connectivity index (χ3v) is 2.25. The van der Waals surface area contributed by atoms with E-state index in [1.165, 1.54) is 6.07 Å². The molecule has 1 aliphatic rings. The zero-order valence-corrected chi connectivity index (χ0v) is 9.04. The first-order valence-corrected chi connectivity index (χ1v) is 4.94. The third kappa shape index (κ3) is 2.15. The molecule has 4 heteroatoms. The highest BCUT2D eigenvalue weighted by atomic mass is 19.3. The SMILES string of the molecule is CC1(C)C=Cc2cccc(OC(F)F)c2O1. The predicted octanol–water partition coefficient (Wildman–Crippen LogP) is 3.47. The van der Waals surface area contributed by atoms with E-state index in [4.69, 9.17) is 4.74 Å². The van der Waals surface area contributed by atoms with Crippen molar-refractivity contribution in [1.82, 2.24) is 0 Å². The summed E-state index contributed by atoms with van der Waals surface area (Å²) in [5, 5.41) is 0. The maximum Gasteiger partial charge on any atom is 0.387 e. The van der Waals surface area contributed by atoms with Gasteiger partial charge in [0.2, 0.25) is 0 Å². The zero-order chi connectivity index (χ0) is 11.8. The first-order chi connectivity index (χ1) is 7.48. The van der Waals surface area contributed by atoms with Crippen LogP contribution >= 0.6 is 0 Å². The van der Waals surface area contributed by atoms with E-state index >= 15 is 0 Å². The fourth-order valence-electron chi connectivity index (χ4n) is 1.55. The molecule has 0 spiro atoms. The molecule has 0 saturated heterocycles. The molecular formula is C12H12F2O2. The summed E-state index contributed by atoms with van der Waals surface area (Å²) in [6, 6.07) is 4.92. The lowest BCUT2D eigenvalue weighted by Gasteiger charge is -2.28. The second-order valence-electron chi connectivity index (χ2n) is 4.09. The van der Waals surface area contributed by atoms with Gasteiger partial charge in [0, 0.05) is 5.56 Å². The predicted molar refractivity (Wildman–Crippen MR) is 56.8 cm³/mol. The number of halogens is 2. The van der Waals surface area contributed by atoms with Crippen molar-refractivity contribution in [3.05, 3.63) is 29.8 Å². The Morgan fingerprint density at radius 1 is 1.31 bits per heavy atom. The van der Waals surface area contributed by atoms with Gasteiger partial charge in [0.05, 0.1) is 0 Å². The summed E-state index contributed by atoms with van der Waals surface area (Å²) in [5.74, 6) is 0.445. The standard InChI is InChI=1S/C12H12F2O2/c1-12(2)7-6-8-4-3-5-9(10(8)16-12)15-11(13)14/h3-7,11H,1-2H3. The second-order valence-corrected chi connectivity index (χ2v) is 4.09. The Hall–Kier alpha value is -1.58. The van der Waals surface area contributed by atoms with E-state index < -0.39 is 12.2 Å². The van der Waals surface area contributed by atoms with Gasteiger partial charge in [-0.3, -0.25) is 0 Å². The van der Waals surface area contributed by atoms with Gasteiger partial charge >= 0.3 is 6.61 Å². The number of ether oxygens (including phenoxy) is 2. The van der Waals surface area contributed by atoms with E-state index in [0.717, 1.165) is 5.56 Å². The van der Waals surface area contributed by atoms with Crippen LogP contribution in [0, 0.1) is 0 Å². The lowest BCUT2D eigenvalue weighted by atomic mass is 10.0. The van der Waals surface area contributed by atoms with Gasteiger partial charge in [0.1, 0.15) is 5.60 Å². The number of rotatable bonds is 2. The summed E-state index contributed by atoms with van der Waals surface area (Å²) in [7, 11) is 0. The number of alkyl halides is 2. The molecule has 0 radical (unpaired) electrons. The van der Waals surface area contributed by atoms with Gasteiger partial charge in [-0.15, -0.1) is 0 Å². The smallest absolute Gasteiger partial charge is 0.387 e. The van der Waals surface area contributed by atoms with Gasteiger partial charge < -0.3 is 9.47 Å². The molecule has 1 aromatic carbocycles. The van der Waals surface area contributed by atoms with Crippen molar-refractivity contribution in [3.8, 4) is 11.5 Å². The molecule has 2 rings (SSSR count). The first kappa shape index (κ1) is 10.9. The molecule has 0 fully saturated rings. The summed E-state index contributed by atoms with van der Waals surface area (Å²) in [6.07, 6.45) is 3.72. The molecule has 1 aromatic rings. The summed E-state index contributed by atoms with van der Waals surface area (Å²) >= 11 is 0. The van der Waals surface area contributed by atoms with E-state index in [0.29, 0.717) is 5.75 Å². The zero-order valence-electron chi connectivity index (χ0n) is 9.04. The Bertz CT molecular complexity index is 425. The Morgan fingerprint density at radius 2 is 2.06 bits per heavy atom. The van der Waals surface area contributed by atoms with Crippen molar-refractivity contribution < 1.29 is 18.3 Å². The van der Waals surface area contributed by atoms with E-state index in [2.05, 4.69) is 4.74 Å². The molecule has 0 N–H and O–H groups in total.